The van der Waals surface area contributed by atoms with Crippen LogP contribution in [0.3, 0.4) is 0 Å². The van der Waals surface area contributed by atoms with E-state index in [2.05, 4.69) is 11.9 Å². The quantitative estimate of drug-likeness (QED) is 0.630. The summed E-state index contributed by atoms with van der Waals surface area (Å²) in [6, 6.07) is 0. The highest BCUT2D eigenvalue weighted by molar-refractivity contribution is 5.75. The van der Waals surface area contributed by atoms with Crippen LogP contribution in [0.5, 0.6) is 0 Å². The summed E-state index contributed by atoms with van der Waals surface area (Å²) in [5, 5.41) is 1.32. The van der Waals surface area contributed by atoms with Crippen LogP contribution in [0.4, 0.5) is 0 Å². The summed E-state index contributed by atoms with van der Waals surface area (Å²) in [4.78, 5) is 18.7. The summed E-state index contributed by atoms with van der Waals surface area (Å²) in [6.07, 6.45) is 2.87. The number of likely N-dealkylation sites (tertiary alicyclic amines) is 1. The van der Waals surface area contributed by atoms with Gasteiger partial charge < -0.3 is 4.90 Å². The van der Waals surface area contributed by atoms with Gasteiger partial charge in [0.1, 0.15) is 0 Å². The predicted molar refractivity (Wildman–Crippen MR) is 54.6 cm³/mol. The molecule has 0 aromatic rings. The number of hydrogen-bond donors (Lipinski definition) is 0. The Morgan fingerprint density at radius 2 is 2.07 bits per heavy atom. The number of carbonyl (C=O) groups excluding carboxylic acids is 1. The number of amides is 1. The van der Waals surface area contributed by atoms with Crippen LogP contribution in [0.15, 0.2) is 0 Å². The fourth-order valence-electron chi connectivity index (χ4n) is 1.74. The van der Waals surface area contributed by atoms with Gasteiger partial charge in [0.2, 0.25) is 5.91 Å². The molecule has 1 heterocycles. The average molecular weight is 200 g/mol. The molecule has 0 bridgehead atoms. The molecule has 1 rings (SSSR count). The van der Waals surface area contributed by atoms with Crippen molar-refractivity contribution in [1.82, 2.24) is 9.96 Å². The van der Waals surface area contributed by atoms with Gasteiger partial charge in [0.25, 0.3) is 0 Å². The molecule has 0 N–H and O–H groups in total. The second kappa shape index (κ2) is 5.32. The Bertz CT molecular complexity index is 189. The molecule has 0 aliphatic carbocycles. The molecule has 0 spiro atoms. The normalized spacial score (nSPS) is 19.6. The number of piperidine rings is 1. The molecular formula is C10H20N2O2. The van der Waals surface area contributed by atoms with E-state index in [4.69, 9.17) is 4.84 Å². The van der Waals surface area contributed by atoms with E-state index >= 15 is 0 Å². The molecule has 0 unspecified atom stereocenters. The number of hydroxylamine groups is 2. The Morgan fingerprint density at radius 1 is 1.50 bits per heavy atom. The van der Waals surface area contributed by atoms with E-state index in [-0.39, 0.29) is 5.91 Å². The molecule has 1 aliphatic heterocycles. The third-order valence-corrected chi connectivity index (χ3v) is 2.93. The molecule has 0 radical (unpaired) electrons. The van der Waals surface area contributed by atoms with Gasteiger partial charge in [-0.05, 0) is 38.9 Å². The molecule has 0 atom stereocenters. The number of rotatable bonds is 3. The zero-order chi connectivity index (χ0) is 10.6. The van der Waals surface area contributed by atoms with Gasteiger partial charge >= 0.3 is 0 Å². The second-order valence-electron chi connectivity index (χ2n) is 4.02. The van der Waals surface area contributed by atoms with E-state index in [0.29, 0.717) is 12.3 Å². The van der Waals surface area contributed by atoms with Crippen LogP contribution in [-0.4, -0.2) is 50.2 Å². The molecule has 82 valence electrons. The largest absolute Gasteiger partial charge is 0.306 e. The lowest BCUT2D eigenvalue weighted by Crippen LogP contribution is -2.34. The molecule has 1 fully saturated rings. The van der Waals surface area contributed by atoms with E-state index in [1.54, 1.807) is 7.05 Å². The Balaban J connectivity index is 2.27. The smallest absolute Gasteiger partial charge is 0.246 e. The van der Waals surface area contributed by atoms with Crippen molar-refractivity contribution in [3.63, 3.8) is 0 Å². The molecule has 4 nitrogen and oxygen atoms in total. The van der Waals surface area contributed by atoms with Gasteiger partial charge in [-0.25, -0.2) is 5.06 Å². The van der Waals surface area contributed by atoms with Crippen molar-refractivity contribution in [2.75, 3.05) is 34.3 Å². The van der Waals surface area contributed by atoms with Crippen molar-refractivity contribution >= 4 is 5.91 Å². The van der Waals surface area contributed by atoms with Crippen LogP contribution in [0.25, 0.3) is 0 Å². The van der Waals surface area contributed by atoms with Gasteiger partial charge in [-0.15, -0.1) is 0 Å². The molecule has 14 heavy (non-hydrogen) atoms. The Kier molecular flexibility index (Phi) is 4.35. The van der Waals surface area contributed by atoms with Gasteiger partial charge in [-0.3, -0.25) is 9.63 Å². The third-order valence-electron chi connectivity index (χ3n) is 2.93. The van der Waals surface area contributed by atoms with Crippen molar-refractivity contribution in [2.45, 2.75) is 19.3 Å². The van der Waals surface area contributed by atoms with E-state index in [0.717, 1.165) is 25.9 Å². The van der Waals surface area contributed by atoms with Gasteiger partial charge in [0, 0.05) is 13.5 Å². The lowest BCUT2D eigenvalue weighted by molar-refractivity contribution is -0.170. The molecule has 1 amide bonds. The van der Waals surface area contributed by atoms with Crippen molar-refractivity contribution in [2.24, 2.45) is 5.92 Å². The molecule has 1 aliphatic rings. The summed E-state index contributed by atoms with van der Waals surface area (Å²) in [5.41, 5.74) is 0. The molecule has 0 aromatic heterocycles. The predicted octanol–water partition coefficient (Wildman–Crippen LogP) is 0.738. The second-order valence-corrected chi connectivity index (χ2v) is 4.02. The summed E-state index contributed by atoms with van der Waals surface area (Å²) < 4.78 is 0. The first-order chi connectivity index (χ1) is 6.63. The van der Waals surface area contributed by atoms with Crippen LogP contribution < -0.4 is 0 Å². The minimum absolute atomic E-state index is 0.0852. The van der Waals surface area contributed by atoms with E-state index in [1.165, 1.54) is 12.2 Å². The number of hydrogen-bond acceptors (Lipinski definition) is 3. The van der Waals surface area contributed by atoms with Gasteiger partial charge in [0.15, 0.2) is 0 Å². The number of carbonyl (C=O) groups is 1. The molecular weight excluding hydrogens is 180 g/mol. The van der Waals surface area contributed by atoms with Crippen LogP contribution in [0.1, 0.15) is 19.3 Å². The van der Waals surface area contributed by atoms with E-state index in [9.17, 15) is 4.79 Å². The lowest BCUT2D eigenvalue weighted by Gasteiger charge is -2.29. The Hall–Kier alpha value is -0.610. The molecule has 4 heteroatoms. The standard InChI is InChI=1S/C10H20N2O2/c1-11-6-4-9(5-7-11)8-10(13)12(2)14-3/h9H,4-8H2,1-3H3. The fraction of sp³-hybridized carbons (Fsp3) is 0.900. The third kappa shape index (κ3) is 3.27. The van der Waals surface area contributed by atoms with Gasteiger partial charge in [-0.1, -0.05) is 0 Å². The zero-order valence-corrected chi connectivity index (χ0v) is 9.32. The minimum Gasteiger partial charge on any atom is -0.306 e. The summed E-state index contributed by atoms with van der Waals surface area (Å²) in [5.74, 6) is 0.623. The average Bonchev–Trinajstić information content (AvgIpc) is 2.20. The number of nitrogens with zero attached hydrogens (tertiary/aromatic N) is 2. The molecule has 1 saturated heterocycles. The van der Waals surface area contributed by atoms with E-state index in [1.807, 2.05) is 0 Å². The van der Waals surface area contributed by atoms with Gasteiger partial charge in [-0.2, -0.15) is 0 Å². The fourth-order valence-corrected chi connectivity index (χ4v) is 1.74. The monoisotopic (exact) mass is 200 g/mol. The zero-order valence-electron chi connectivity index (χ0n) is 9.32. The summed E-state index contributed by atoms with van der Waals surface area (Å²) in [7, 11) is 5.31. The van der Waals surface area contributed by atoms with Crippen molar-refractivity contribution < 1.29 is 9.63 Å². The molecule has 0 saturated carbocycles. The summed E-state index contributed by atoms with van der Waals surface area (Å²) in [6.45, 7) is 2.21. The maximum absolute atomic E-state index is 11.5. The molecule has 0 aromatic carbocycles. The maximum Gasteiger partial charge on any atom is 0.246 e. The first kappa shape index (κ1) is 11.5. The first-order valence-electron chi connectivity index (χ1n) is 5.12. The van der Waals surface area contributed by atoms with Crippen molar-refractivity contribution in [1.29, 1.82) is 0 Å². The summed E-state index contributed by atoms with van der Waals surface area (Å²) >= 11 is 0. The highest BCUT2D eigenvalue weighted by Crippen LogP contribution is 2.20. The maximum atomic E-state index is 11.5. The minimum atomic E-state index is 0.0852. The van der Waals surface area contributed by atoms with Crippen LogP contribution >= 0.6 is 0 Å². The van der Waals surface area contributed by atoms with Crippen molar-refractivity contribution in [3.05, 3.63) is 0 Å². The van der Waals surface area contributed by atoms with Crippen molar-refractivity contribution in [3.8, 4) is 0 Å². The van der Waals surface area contributed by atoms with E-state index < -0.39 is 0 Å². The lowest BCUT2D eigenvalue weighted by atomic mass is 9.93. The topological polar surface area (TPSA) is 32.8 Å². The SMILES string of the molecule is CON(C)C(=O)CC1CCN(C)CC1. The van der Waals surface area contributed by atoms with Gasteiger partial charge in [0.05, 0.1) is 7.11 Å². The van der Waals surface area contributed by atoms with Crippen LogP contribution in [0.2, 0.25) is 0 Å². The highest BCUT2D eigenvalue weighted by atomic mass is 16.7. The van der Waals surface area contributed by atoms with Crippen LogP contribution in [-0.2, 0) is 9.63 Å². The van der Waals surface area contributed by atoms with Crippen LogP contribution in [0, 0.1) is 5.92 Å². The first-order valence-corrected chi connectivity index (χ1v) is 5.12. The Labute approximate surface area is 85.8 Å². The highest BCUT2D eigenvalue weighted by Gasteiger charge is 2.21. The Morgan fingerprint density at radius 3 is 2.57 bits per heavy atom.